The van der Waals surface area contributed by atoms with Gasteiger partial charge in [-0.2, -0.15) is 0 Å². The van der Waals surface area contributed by atoms with Crippen LogP contribution in [-0.4, -0.2) is 77.7 Å². The number of cyclic esters (lactones) is 2. The van der Waals surface area contributed by atoms with E-state index in [1.807, 2.05) is 0 Å². The van der Waals surface area contributed by atoms with Gasteiger partial charge in [0.2, 0.25) is 0 Å². The van der Waals surface area contributed by atoms with Crippen molar-refractivity contribution in [3.05, 3.63) is 57.3 Å². The maximum absolute atomic E-state index is 11.2. The minimum atomic E-state index is -1.13. The first-order valence-corrected chi connectivity index (χ1v) is 14.7. The van der Waals surface area contributed by atoms with Crippen molar-refractivity contribution in [1.82, 2.24) is 4.90 Å². The molecule has 0 aromatic heterocycles. The Morgan fingerprint density at radius 3 is 1.71 bits per heavy atom. The molecule has 0 saturated carbocycles. The normalized spacial score (nSPS) is 11.7. The number of rotatable bonds is 17. The molecule has 2 aliphatic heterocycles. The number of carboxylic acid groups (broad SMARTS) is 2. The van der Waals surface area contributed by atoms with E-state index in [9.17, 15) is 28.8 Å². The molecule has 0 spiro atoms. The highest BCUT2D eigenvalue weighted by Gasteiger charge is 2.22. The van der Waals surface area contributed by atoms with Crippen LogP contribution in [0.5, 0.6) is 0 Å². The van der Waals surface area contributed by atoms with Crippen molar-refractivity contribution < 1.29 is 54.2 Å². The SMILES string of the molecule is C.C#CCCC(=O)/C=C\C(=O)O.CC(=O)[O-].O=C1C=CC(=O)O1.[N-]=[N+]=NCCCCCCN1C(=O)C=CC1=O.[N-]=[N+]=NCCCCCC[NH3+]. The fraction of sp³-hybridized carbons (Fsp3) is 0.516. The minimum Gasteiger partial charge on any atom is -0.550 e. The fourth-order valence-corrected chi connectivity index (χ4v) is 3.01. The molecular weight excluding hydrogens is 644 g/mol. The number of carbonyl (C=O) groups excluding carboxylic acids is 6. The first-order valence-electron chi connectivity index (χ1n) is 14.7. The predicted molar refractivity (Wildman–Crippen MR) is 176 cm³/mol. The van der Waals surface area contributed by atoms with Gasteiger partial charge in [-0.15, -0.1) is 12.3 Å². The zero-order chi connectivity index (χ0) is 37.0. The van der Waals surface area contributed by atoms with Gasteiger partial charge < -0.3 is 25.5 Å². The molecule has 270 valence electrons. The fourth-order valence-electron chi connectivity index (χ4n) is 3.01. The number of ketones is 1. The van der Waals surface area contributed by atoms with Gasteiger partial charge in [-0.3, -0.25) is 19.3 Å². The first kappa shape index (κ1) is 50.1. The number of hydrogen-bond donors (Lipinski definition) is 2. The van der Waals surface area contributed by atoms with E-state index in [0.717, 1.165) is 76.3 Å². The van der Waals surface area contributed by atoms with Gasteiger partial charge in [0.1, 0.15) is 0 Å². The molecule has 2 rings (SSSR count). The summed E-state index contributed by atoms with van der Waals surface area (Å²) >= 11 is 0. The molecule has 2 amide bonds. The Balaban J connectivity index is -0.000000273. The third-order valence-electron chi connectivity index (χ3n) is 5.16. The summed E-state index contributed by atoms with van der Waals surface area (Å²) in [6, 6.07) is 0. The van der Waals surface area contributed by atoms with Crippen LogP contribution in [0.1, 0.15) is 78.6 Å². The number of ether oxygens (including phenoxy) is 1. The number of allylic oxidation sites excluding steroid dienone is 1. The van der Waals surface area contributed by atoms with Crippen molar-refractivity contribution in [3.8, 4) is 12.3 Å². The predicted octanol–water partition coefficient (Wildman–Crippen LogP) is 2.51. The Labute approximate surface area is 285 Å². The molecule has 0 saturated heterocycles. The molecule has 4 N–H and O–H groups in total. The molecule has 49 heavy (non-hydrogen) atoms. The summed E-state index contributed by atoms with van der Waals surface area (Å²) < 4.78 is 3.97. The zero-order valence-electron chi connectivity index (χ0n) is 26.9. The monoisotopic (exact) mass is 690 g/mol. The summed E-state index contributed by atoms with van der Waals surface area (Å²) in [5.41, 5.74) is 19.7. The first-order chi connectivity index (χ1) is 22.9. The summed E-state index contributed by atoms with van der Waals surface area (Å²) in [4.78, 5) is 78.2. The summed E-state index contributed by atoms with van der Waals surface area (Å²) in [6.07, 6.45) is 20.1. The van der Waals surface area contributed by atoms with Gasteiger partial charge in [0.05, 0.1) is 6.54 Å². The molecule has 0 aromatic rings. The van der Waals surface area contributed by atoms with Crippen molar-refractivity contribution in [3.63, 3.8) is 0 Å². The van der Waals surface area contributed by atoms with Crippen LogP contribution < -0.4 is 10.8 Å². The molecule has 0 radical (unpaired) electrons. The number of unbranched alkanes of at least 4 members (excludes halogenated alkanes) is 6. The number of esters is 2. The van der Waals surface area contributed by atoms with Gasteiger partial charge in [-0.25, -0.2) is 14.4 Å². The number of carbonyl (C=O) groups is 7. The van der Waals surface area contributed by atoms with Gasteiger partial charge >= 0.3 is 17.9 Å². The third kappa shape index (κ3) is 40.2. The van der Waals surface area contributed by atoms with Crippen molar-refractivity contribution in [1.29, 1.82) is 0 Å². The molecule has 0 bridgehead atoms. The number of amides is 2. The van der Waals surface area contributed by atoms with E-state index in [2.05, 4.69) is 36.4 Å². The number of aliphatic carboxylic acids is 2. The van der Waals surface area contributed by atoms with Crippen LogP contribution in [0.15, 0.2) is 46.7 Å². The van der Waals surface area contributed by atoms with Crippen molar-refractivity contribution in [2.75, 3.05) is 26.2 Å². The second-order valence-corrected chi connectivity index (χ2v) is 9.16. The Morgan fingerprint density at radius 2 is 1.35 bits per heavy atom. The van der Waals surface area contributed by atoms with E-state index < -0.39 is 23.9 Å². The lowest BCUT2D eigenvalue weighted by molar-refractivity contribution is -0.368. The Bertz CT molecular complexity index is 1240. The summed E-state index contributed by atoms with van der Waals surface area (Å²) in [7, 11) is 0. The van der Waals surface area contributed by atoms with E-state index in [-0.39, 0.29) is 31.4 Å². The second-order valence-electron chi connectivity index (χ2n) is 9.16. The quantitative estimate of drug-likeness (QED) is 0.0258. The molecule has 2 heterocycles. The zero-order valence-corrected chi connectivity index (χ0v) is 26.9. The number of nitrogens with zero attached hydrogens (tertiary/aromatic N) is 7. The largest absolute Gasteiger partial charge is 0.550 e. The summed E-state index contributed by atoms with van der Waals surface area (Å²) in [5, 5.41) is 23.9. The van der Waals surface area contributed by atoms with Crippen LogP contribution in [0.2, 0.25) is 0 Å². The molecule has 0 aliphatic carbocycles. The van der Waals surface area contributed by atoms with Gasteiger partial charge in [0, 0.05) is 78.6 Å². The lowest BCUT2D eigenvalue weighted by atomic mass is 10.2. The van der Waals surface area contributed by atoms with E-state index >= 15 is 0 Å². The smallest absolute Gasteiger partial charge is 0.338 e. The standard InChI is InChI=1S/C10H14N4O2.C8H8O3.C6H14N4.C4H2O3.C2H4O2.CH4/c11-13-12-7-3-1-2-4-8-14-9(15)5-6-10(14)16;1-2-3-4-7(9)5-6-8(10)11;7-5-3-1-2-4-6-9-10-8;5-3-1-2-4(6)7-3;1-2(3)4;/h5-6H,1-4,7-8H2;1,5-6H,3-4H2,(H,10,11);1-7H2;1-2H;1H3,(H,3,4);1H4/b;6-5-;;;;. The van der Waals surface area contributed by atoms with Crippen LogP contribution in [0.4, 0.5) is 0 Å². The van der Waals surface area contributed by atoms with Crippen LogP contribution >= 0.6 is 0 Å². The number of carboxylic acids is 2. The molecular formula is C31H46N8O10. The molecule has 0 unspecified atom stereocenters. The lowest BCUT2D eigenvalue weighted by Crippen LogP contribution is -2.50. The Hall–Kier alpha value is -5.75. The summed E-state index contributed by atoms with van der Waals surface area (Å²) in [6.45, 7) is 3.63. The van der Waals surface area contributed by atoms with Crippen molar-refractivity contribution >= 4 is 41.5 Å². The van der Waals surface area contributed by atoms with Gasteiger partial charge in [-0.05, 0) is 56.2 Å². The van der Waals surface area contributed by atoms with Crippen molar-refractivity contribution in [2.24, 2.45) is 10.2 Å². The van der Waals surface area contributed by atoms with Gasteiger partial charge in [-0.1, -0.05) is 36.9 Å². The Kier molecular flexibility index (Phi) is 37.6. The van der Waals surface area contributed by atoms with Gasteiger partial charge in [0.15, 0.2) is 5.78 Å². The number of azide groups is 2. The molecule has 0 aromatic carbocycles. The summed E-state index contributed by atoms with van der Waals surface area (Å²) in [5.74, 6) is -1.79. The average molecular weight is 691 g/mol. The molecule has 18 heteroatoms. The van der Waals surface area contributed by atoms with E-state index in [1.54, 1.807) is 0 Å². The minimum absolute atomic E-state index is 0. The topological polar surface area (TPSA) is 300 Å². The lowest BCUT2D eigenvalue weighted by Gasteiger charge is -2.12. The average Bonchev–Trinajstić information content (AvgIpc) is 3.58. The van der Waals surface area contributed by atoms with Crippen LogP contribution in [0.3, 0.4) is 0 Å². The molecule has 0 atom stereocenters. The van der Waals surface area contributed by atoms with E-state index in [0.29, 0.717) is 26.1 Å². The van der Waals surface area contributed by atoms with Crippen LogP contribution in [-0.2, 0) is 38.3 Å². The van der Waals surface area contributed by atoms with E-state index in [1.165, 1.54) is 29.9 Å². The van der Waals surface area contributed by atoms with Crippen LogP contribution in [0.25, 0.3) is 20.9 Å². The number of imide groups is 1. The third-order valence-corrected chi connectivity index (χ3v) is 5.16. The maximum Gasteiger partial charge on any atom is 0.338 e. The highest BCUT2D eigenvalue weighted by Crippen LogP contribution is 2.07. The molecule has 18 nitrogen and oxygen atoms in total. The second kappa shape index (κ2) is 36.7. The molecule has 2 aliphatic rings. The Morgan fingerprint density at radius 1 is 0.898 bits per heavy atom. The molecule has 0 fully saturated rings. The van der Waals surface area contributed by atoms with Gasteiger partial charge in [0.25, 0.3) is 11.8 Å². The number of quaternary nitrogens is 1. The number of terminal acetylenes is 1. The van der Waals surface area contributed by atoms with E-state index in [4.69, 9.17) is 32.5 Å². The van der Waals surface area contributed by atoms with Crippen LogP contribution in [0, 0.1) is 12.3 Å². The van der Waals surface area contributed by atoms with Crippen molar-refractivity contribution in [2.45, 2.75) is 78.6 Å². The highest BCUT2D eigenvalue weighted by molar-refractivity contribution is 6.12. The number of hydrogen-bond acceptors (Lipinski definition) is 11. The highest BCUT2D eigenvalue weighted by atomic mass is 16.6. The maximum atomic E-state index is 11.2.